The number of fused-ring (bicyclic) bond motifs is 1. The summed E-state index contributed by atoms with van der Waals surface area (Å²) in [7, 11) is 0. The fourth-order valence-corrected chi connectivity index (χ4v) is 3.81. The van der Waals surface area contributed by atoms with Crippen molar-refractivity contribution in [3.05, 3.63) is 71.9 Å². The Morgan fingerprint density at radius 2 is 1.81 bits per heavy atom. The molecule has 0 aliphatic carbocycles. The number of nitrogens with one attached hydrogen (secondary N) is 2. The molecule has 4 rings (SSSR count). The van der Waals surface area contributed by atoms with Gasteiger partial charge in [-0.15, -0.1) is 0 Å². The van der Waals surface area contributed by atoms with Gasteiger partial charge < -0.3 is 15.4 Å². The van der Waals surface area contributed by atoms with Crippen molar-refractivity contribution < 1.29 is 14.3 Å². The number of morpholine rings is 1. The highest BCUT2D eigenvalue weighted by Crippen LogP contribution is 2.16. The van der Waals surface area contributed by atoms with E-state index in [2.05, 4.69) is 20.5 Å². The second kappa shape index (κ2) is 10.8. The van der Waals surface area contributed by atoms with E-state index in [1.54, 1.807) is 6.20 Å². The maximum absolute atomic E-state index is 12.5. The summed E-state index contributed by atoms with van der Waals surface area (Å²) in [6.07, 6.45) is 2.46. The minimum absolute atomic E-state index is 0.0128. The van der Waals surface area contributed by atoms with E-state index in [1.165, 1.54) is 0 Å². The van der Waals surface area contributed by atoms with Crippen molar-refractivity contribution in [2.24, 2.45) is 0 Å². The van der Waals surface area contributed by atoms with Crippen LogP contribution in [-0.2, 0) is 27.3 Å². The summed E-state index contributed by atoms with van der Waals surface area (Å²) in [5.41, 5.74) is 3.43. The Labute approximate surface area is 187 Å². The molecule has 1 aliphatic heterocycles. The van der Waals surface area contributed by atoms with Crippen LogP contribution in [0.2, 0.25) is 0 Å². The van der Waals surface area contributed by atoms with Crippen molar-refractivity contribution in [1.82, 2.24) is 15.2 Å². The van der Waals surface area contributed by atoms with Gasteiger partial charge in [0.1, 0.15) is 0 Å². The molecule has 0 unspecified atom stereocenters. The van der Waals surface area contributed by atoms with Gasteiger partial charge in [0.2, 0.25) is 11.8 Å². The Kier molecular flexibility index (Phi) is 7.42. The first-order chi connectivity index (χ1) is 15.7. The van der Waals surface area contributed by atoms with Gasteiger partial charge in [-0.25, -0.2) is 0 Å². The molecule has 7 heteroatoms. The summed E-state index contributed by atoms with van der Waals surface area (Å²) in [5, 5.41) is 6.94. The standard InChI is InChI=1S/C25H28N4O3/c30-23(9-11-29-12-14-32-15-13-29)28-22-8-1-4-19(16-22)18-27-24(31)17-21-6-2-5-20-7-3-10-26-25(20)21/h1-8,10,16H,9,11-15,17-18H2,(H,27,31)(H,28,30). The molecule has 1 aliphatic rings. The van der Waals surface area contributed by atoms with Crippen LogP contribution in [0.1, 0.15) is 17.5 Å². The number of carbonyl (C=O) groups excluding carboxylic acids is 2. The van der Waals surface area contributed by atoms with Gasteiger partial charge in [-0.2, -0.15) is 0 Å². The molecule has 2 amide bonds. The summed E-state index contributed by atoms with van der Waals surface area (Å²) in [6, 6.07) is 17.3. The molecule has 0 atom stereocenters. The van der Waals surface area contributed by atoms with Gasteiger partial charge in [0.05, 0.1) is 25.2 Å². The van der Waals surface area contributed by atoms with E-state index in [4.69, 9.17) is 4.74 Å². The maximum atomic E-state index is 12.5. The summed E-state index contributed by atoms with van der Waals surface area (Å²) in [5.74, 6) is -0.0794. The van der Waals surface area contributed by atoms with Crippen molar-refractivity contribution in [3.63, 3.8) is 0 Å². The molecule has 2 heterocycles. The zero-order valence-corrected chi connectivity index (χ0v) is 18.0. The largest absolute Gasteiger partial charge is 0.379 e. The Bertz CT molecular complexity index is 1070. The molecule has 2 N–H and O–H groups in total. The highest BCUT2D eigenvalue weighted by Gasteiger charge is 2.12. The van der Waals surface area contributed by atoms with Crippen LogP contribution in [-0.4, -0.2) is 54.5 Å². The third kappa shape index (κ3) is 6.12. The van der Waals surface area contributed by atoms with Crippen LogP contribution in [0.5, 0.6) is 0 Å². The molecule has 3 aromatic rings. The minimum atomic E-state index is -0.0666. The molecule has 32 heavy (non-hydrogen) atoms. The number of nitrogens with zero attached hydrogens (tertiary/aromatic N) is 2. The molecule has 0 spiro atoms. The highest BCUT2D eigenvalue weighted by atomic mass is 16.5. The smallest absolute Gasteiger partial charge is 0.225 e. The summed E-state index contributed by atoms with van der Waals surface area (Å²) >= 11 is 0. The summed E-state index contributed by atoms with van der Waals surface area (Å²) < 4.78 is 5.33. The first kappa shape index (κ1) is 21.9. The monoisotopic (exact) mass is 432 g/mol. The van der Waals surface area contributed by atoms with Crippen LogP contribution >= 0.6 is 0 Å². The van der Waals surface area contributed by atoms with E-state index in [9.17, 15) is 9.59 Å². The molecule has 1 aromatic heterocycles. The van der Waals surface area contributed by atoms with Gasteiger partial charge >= 0.3 is 0 Å². The number of rotatable bonds is 8. The first-order valence-electron chi connectivity index (χ1n) is 11.0. The van der Waals surface area contributed by atoms with Crippen LogP contribution in [0.15, 0.2) is 60.8 Å². The number of ether oxygens (including phenoxy) is 1. The number of para-hydroxylation sites is 1. The normalized spacial score (nSPS) is 14.2. The molecule has 0 saturated carbocycles. The average Bonchev–Trinajstić information content (AvgIpc) is 2.83. The quantitative estimate of drug-likeness (QED) is 0.572. The number of amides is 2. The lowest BCUT2D eigenvalue weighted by Gasteiger charge is -2.26. The van der Waals surface area contributed by atoms with E-state index >= 15 is 0 Å². The summed E-state index contributed by atoms with van der Waals surface area (Å²) in [6.45, 7) is 4.33. The number of pyridine rings is 1. The van der Waals surface area contributed by atoms with E-state index in [0.717, 1.165) is 60.6 Å². The van der Waals surface area contributed by atoms with E-state index in [1.807, 2.05) is 54.6 Å². The fourth-order valence-electron chi connectivity index (χ4n) is 3.81. The first-order valence-corrected chi connectivity index (χ1v) is 11.0. The van der Waals surface area contributed by atoms with Crippen LogP contribution in [0.25, 0.3) is 10.9 Å². The van der Waals surface area contributed by atoms with Gasteiger partial charge in [0, 0.05) is 49.9 Å². The molecular formula is C25H28N4O3. The topological polar surface area (TPSA) is 83.6 Å². The number of aromatic nitrogens is 1. The van der Waals surface area contributed by atoms with E-state index < -0.39 is 0 Å². The van der Waals surface area contributed by atoms with E-state index in [0.29, 0.717) is 13.0 Å². The SMILES string of the molecule is O=C(Cc1cccc2cccnc12)NCc1cccc(NC(=O)CCN2CCOCC2)c1. The van der Waals surface area contributed by atoms with Crippen molar-refractivity contribution in [2.75, 3.05) is 38.2 Å². The van der Waals surface area contributed by atoms with Crippen LogP contribution in [0.4, 0.5) is 5.69 Å². The predicted octanol–water partition coefficient (Wildman–Crippen LogP) is 2.75. The lowest BCUT2D eigenvalue weighted by Crippen LogP contribution is -2.38. The number of hydrogen-bond acceptors (Lipinski definition) is 5. The molecule has 2 aromatic carbocycles. The lowest BCUT2D eigenvalue weighted by molar-refractivity contribution is -0.120. The van der Waals surface area contributed by atoms with Gasteiger partial charge in [-0.3, -0.25) is 19.5 Å². The van der Waals surface area contributed by atoms with Gasteiger partial charge in [-0.05, 0) is 29.3 Å². The Morgan fingerprint density at radius 3 is 2.69 bits per heavy atom. The van der Waals surface area contributed by atoms with Crippen molar-refractivity contribution in [1.29, 1.82) is 0 Å². The molecule has 1 fully saturated rings. The third-order valence-corrected chi connectivity index (χ3v) is 5.53. The minimum Gasteiger partial charge on any atom is -0.379 e. The lowest BCUT2D eigenvalue weighted by atomic mass is 10.1. The molecule has 0 bridgehead atoms. The van der Waals surface area contributed by atoms with Crippen molar-refractivity contribution in [3.8, 4) is 0 Å². The molecule has 1 saturated heterocycles. The Balaban J connectivity index is 1.27. The van der Waals surface area contributed by atoms with Crippen LogP contribution in [0, 0.1) is 0 Å². The van der Waals surface area contributed by atoms with Gasteiger partial charge in [0.25, 0.3) is 0 Å². The number of benzene rings is 2. The average molecular weight is 433 g/mol. The van der Waals surface area contributed by atoms with Gasteiger partial charge in [-0.1, -0.05) is 36.4 Å². The highest BCUT2D eigenvalue weighted by molar-refractivity contribution is 5.91. The van der Waals surface area contributed by atoms with Crippen LogP contribution < -0.4 is 10.6 Å². The number of carbonyl (C=O) groups is 2. The molecular weight excluding hydrogens is 404 g/mol. The molecule has 166 valence electrons. The fraction of sp³-hybridized carbons (Fsp3) is 0.320. The van der Waals surface area contributed by atoms with Crippen molar-refractivity contribution in [2.45, 2.75) is 19.4 Å². The van der Waals surface area contributed by atoms with Crippen LogP contribution in [0.3, 0.4) is 0 Å². The second-order valence-corrected chi connectivity index (χ2v) is 7.90. The third-order valence-electron chi connectivity index (χ3n) is 5.53. The molecule has 0 radical (unpaired) electrons. The maximum Gasteiger partial charge on any atom is 0.225 e. The number of hydrogen-bond donors (Lipinski definition) is 2. The van der Waals surface area contributed by atoms with E-state index in [-0.39, 0.29) is 18.2 Å². The Hall–Kier alpha value is -3.29. The van der Waals surface area contributed by atoms with Gasteiger partial charge in [0.15, 0.2) is 0 Å². The zero-order valence-electron chi connectivity index (χ0n) is 18.0. The van der Waals surface area contributed by atoms with Crippen molar-refractivity contribution >= 4 is 28.4 Å². The predicted molar refractivity (Wildman–Crippen MR) is 124 cm³/mol. The summed E-state index contributed by atoms with van der Waals surface area (Å²) in [4.78, 5) is 31.4. The second-order valence-electron chi connectivity index (χ2n) is 7.90. The number of anilines is 1. The zero-order chi connectivity index (χ0) is 22.2. The molecule has 7 nitrogen and oxygen atoms in total. The Morgan fingerprint density at radius 1 is 1.00 bits per heavy atom.